The van der Waals surface area contributed by atoms with Crippen LogP contribution in [-0.2, 0) is 23.8 Å². The molecule has 2 fully saturated rings. The minimum atomic E-state index is -1.45. The number of carbonyl (C=O) groups is 3. The third kappa shape index (κ3) is 12.6. The summed E-state index contributed by atoms with van der Waals surface area (Å²) >= 11 is 6.20. The average molecular weight is 687 g/mol. The van der Waals surface area contributed by atoms with Crippen molar-refractivity contribution in [1.29, 1.82) is 0 Å². The molecule has 2 aliphatic heterocycles. The molecule has 0 aromatic heterocycles. The Morgan fingerprint density at radius 2 is 2.02 bits per heavy atom. The molecule has 5 atom stereocenters. The Kier molecular flexibility index (Phi) is 15.5. The van der Waals surface area contributed by atoms with E-state index in [0.29, 0.717) is 50.2 Å². The van der Waals surface area contributed by atoms with Crippen molar-refractivity contribution in [3.8, 4) is 0 Å². The van der Waals surface area contributed by atoms with E-state index >= 15 is 0 Å². The van der Waals surface area contributed by atoms with Gasteiger partial charge >= 0.3 is 12.1 Å². The Balaban J connectivity index is 1.71. The molecular formula is C32H52ClFN4O7Si. The number of alkyl carbamates (subject to hydrolysis) is 1. The molecule has 4 amide bonds. The van der Waals surface area contributed by atoms with Gasteiger partial charge < -0.3 is 29.7 Å². The molecule has 2 aliphatic rings. The fraction of sp³-hybridized carbons (Fsp3) is 0.719. The highest BCUT2D eigenvalue weighted by atomic mass is 35.5. The van der Waals surface area contributed by atoms with Gasteiger partial charge in [0.2, 0.25) is 6.41 Å². The fourth-order valence-corrected chi connectivity index (χ4v) is 6.54. The molecule has 1 aromatic rings. The molecule has 3 rings (SSSR count). The molecule has 0 radical (unpaired) electrons. The van der Waals surface area contributed by atoms with Crippen molar-refractivity contribution in [1.82, 2.24) is 20.6 Å². The fourth-order valence-electron chi connectivity index (χ4n) is 5.74. The lowest BCUT2D eigenvalue weighted by Gasteiger charge is -2.38. The van der Waals surface area contributed by atoms with Gasteiger partial charge in [0.15, 0.2) is 0 Å². The van der Waals surface area contributed by atoms with E-state index in [2.05, 4.69) is 41.9 Å². The smallest absolute Gasteiger partial charge is 0.406 e. The van der Waals surface area contributed by atoms with Crippen molar-refractivity contribution in [2.24, 2.45) is 11.8 Å². The summed E-state index contributed by atoms with van der Waals surface area (Å²) in [6.07, 6.45) is 3.62. The maximum atomic E-state index is 14.4. The van der Waals surface area contributed by atoms with Crippen LogP contribution in [0.15, 0.2) is 18.2 Å². The van der Waals surface area contributed by atoms with Gasteiger partial charge in [0, 0.05) is 51.9 Å². The second-order valence-corrected chi connectivity index (χ2v) is 19.6. The molecule has 0 bridgehead atoms. The highest BCUT2D eigenvalue weighted by Gasteiger charge is 2.33. The topological polar surface area (TPSA) is 119 Å². The Hall–Kier alpha value is -2.45. The van der Waals surface area contributed by atoms with Gasteiger partial charge in [-0.25, -0.2) is 19.0 Å². The van der Waals surface area contributed by atoms with Crippen LogP contribution in [0.2, 0.25) is 30.2 Å². The number of hydrogen-bond donors (Lipinski definition) is 2. The Bertz CT molecular complexity index is 1100. The largest absolute Gasteiger partial charge is 0.453 e. The van der Waals surface area contributed by atoms with Gasteiger partial charge in [-0.15, -0.1) is 0 Å². The number of piperidine rings is 1. The molecule has 2 unspecified atom stereocenters. The van der Waals surface area contributed by atoms with Gasteiger partial charge in [-0.05, 0) is 67.3 Å². The molecule has 11 nitrogen and oxygen atoms in total. The predicted molar refractivity (Wildman–Crippen MR) is 177 cm³/mol. The monoisotopic (exact) mass is 686 g/mol. The molecule has 14 heteroatoms. The van der Waals surface area contributed by atoms with E-state index in [9.17, 15) is 18.8 Å². The Morgan fingerprint density at radius 1 is 1.24 bits per heavy atom. The quantitative estimate of drug-likeness (QED) is 0.100. The number of hydrogen-bond acceptors (Lipinski definition) is 7. The maximum absolute atomic E-state index is 14.4. The molecule has 46 heavy (non-hydrogen) atoms. The molecule has 0 spiro atoms. The van der Waals surface area contributed by atoms with Gasteiger partial charge in [-0.3, -0.25) is 9.63 Å². The first kappa shape index (κ1) is 38.0. The summed E-state index contributed by atoms with van der Waals surface area (Å²) in [4.78, 5) is 45.0. The summed E-state index contributed by atoms with van der Waals surface area (Å²) in [5, 5.41) is 7.32. The number of nitrogens with zero attached hydrogens (tertiary/aromatic N) is 2. The summed E-state index contributed by atoms with van der Waals surface area (Å²) in [5.74, 6) is -0.375. The predicted octanol–water partition coefficient (Wildman–Crippen LogP) is 5.62. The van der Waals surface area contributed by atoms with Crippen molar-refractivity contribution in [2.45, 2.75) is 76.4 Å². The van der Waals surface area contributed by atoms with Gasteiger partial charge in [-0.1, -0.05) is 38.2 Å². The number of methoxy groups -OCH3 is 1. The number of rotatable bonds is 16. The van der Waals surface area contributed by atoms with Crippen LogP contribution in [-0.4, -0.2) is 102 Å². The summed E-state index contributed by atoms with van der Waals surface area (Å²) in [5.41, 5.74) is 0.913. The first-order valence-corrected chi connectivity index (χ1v) is 20.2. The highest BCUT2D eigenvalue weighted by molar-refractivity contribution is 6.77. The van der Waals surface area contributed by atoms with E-state index in [-0.39, 0.29) is 48.6 Å². The van der Waals surface area contributed by atoms with Gasteiger partial charge in [0.05, 0.1) is 39.0 Å². The van der Waals surface area contributed by atoms with E-state index in [1.807, 2.05) is 0 Å². The molecular weight excluding hydrogens is 635 g/mol. The lowest BCUT2D eigenvalue weighted by molar-refractivity contribution is -0.174. The number of carbonyl (C=O) groups excluding carboxylic acids is 3. The first-order valence-electron chi connectivity index (χ1n) is 16.3. The van der Waals surface area contributed by atoms with Gasteiger partial charge in [0.25, 0.3) is 0 Å². The molecule has 260 valence electrons. The van der Waals surface area contributed by atoms with Crippen LogP contribution in [0.25, 0.3) is 0 Å². The molecule has 2 N–H and O–H groups in total. The van der Waals surface area contributed by atoms with E-state index in [0.717, 1.165) is 32.3 Å². The maximum Gasteiger partial charge on any atom is 0.406 e. The first-order chi connectivity index (χ1) is 21.9. The molecule has 0 aliphatic carbocycles. The lowest BCUT2D eigenvalue weighted by Crippen LogP contribution is -2.52. The van der Waals surface area contributed by atoms with E-state index in [4.69, 9.17) is 25.9 Å². The summed E-state index contributed by atoms with van der Waals surface area (Å²) in [6, 6.07) is 3.71. The summed E-state index contributed by atoms with van der Waals surface area (Å²) in [7, 11) is -0.173. The van der Waals surface area contributed by atoms with Crippen molar-refractivity contribution >= 4 is 38.2 Å². The highest BCUT2D eigenvalue weighted by Crippen LogP contribution is 2.34. The van der Waals surface area contributed by atoms with Gasteiger partial charge in [0.1, 0.15) is 5.82 Å². The average Bonchev–Trinajstić information content (AvgIpc) is 3.02. The zero-order chi connectivity index (χ0) is 33.7. The number of urea groups is 1. The molecule has 0 saturated carbocycles. The van der Waals surface area contributed by atoms with Crippen molar-refractivity contribution < 1.29 is 37.8 Å². The third-order valence-electron chi connectivity index (χ3n) is 8.93. The van der Waals surface area contributed by atoms with Crippen LogP contribution in [0.3, 0.4) is 0 Å². The zero-order valence-electron chi connectivity index (χ0n) is 27.9. The van der Waals surface area contributed by atoms with Crippen LogP contribution < -0.4 is 10.6 Å². The number of amides is 4. The van der Waals surface area contributed by atoms with Crippen molar-refractivity contribution in [2.75, 3.05) is 59.7 Å². The minimum Gasteiger partial charge on any atom is -0.453 e. The van der Waals surface area contributed by atoms with E-state index < -0.39 is 26.1 Å². The minimum absolute atomic E-state index is 0.153. The molecule has 1 aromatic carbocycles. The van der Waals surface area contributed by atoms with Gasteiger partial charge in [-0.2, -0.15) is 0 Å². The third-order valence-corrected chi connectivity index (χ3v) is 12.3. The standard InChI is InChI=1S/C32H52ClFN4O7Si/c1-23(46(3,4)5)20-45-38(22-39)19-29(14-24-8-7-12-43-21-24)36-31(40)37-11-6-9-25(18-37)30(44-13-10-35-32(41)42-2)26-15-27(33)17-28(34)16-26/h15-17,22-25,29-30H,6-14,18-21H2,1-5H3,(H,35,41)(H,36,40)/t23?,24-,25+,29-,30?/m0/s1. The summed E-state index contributed by atoms with van der Waals surface area (Å²) < 4.78 is 30.9. The Morgan fingerprint density at radius 3 is 2.67 bits per heavy atom. The van der Waals surface area contributed by atoms with E-state index in [1.165, 1.54) is 24.3 Å². The van der Waals surface area contributed by atoms with Crippen LogP contribution >= 0.6 is 11.6 Å². The van der Waals surface area contributed by atoms with Crippen LogP contribution in [0.5, 0.6) is 0 Å². The van der Waals surface area contributed by atoms with E-state index in [1.54, 1.807) is 11.0 Å². The molecule has 2 saturated heterocycles. The van der Waals surface area contributed by atoms with Crippen LogP contribution in [0, 0.1) is 17.7 Å². The number of benzene rings is 1. The molecule has 2 heterocycles. The number of ether oxygens (including phenoxy) is 3. The normalized spacial score (nSPS) is 20.7. The van der Waals surface area contributed by atoms with Crippen molar-refractivity contribution in [3.05, 3.63) is 34.6 Å². The Labute approximate surface area is 278 Å². The number of halogens is 2. The van der Waals surface area contributed by atoms with Crippen LogP contribution in [0.1, 0.15) is 50.7 Å². The number of likely N-dealkylation sites (tertiary alicyclic amines) is 1. The second kappa shape index (κ2) is 18.8. The van der Waals surface area contributed by atoms with Crippen molar-refractivity contribution in [3.63, 3.8) is 0 Å². The van der Waals surface area contributed by atoms with Crippen LogP contribution in [0.4, 0.5) is 14.0 Å². The second-order valence-electron chi connectivity index (χ2n) is 13.5. The number of nitrogens with one attached hydrogen (secondary N) is 2. The lowest BCUT2D eigenvalue weighted by atomic mass is 9.88. The summed E-state index contributed by atoms with van der Waals surface area (Å²) in [6.45, 7) is 12.2. The number of hydroxylamine groups is 2. The SMILES string of the molecule is COC(=O)NCCOC(c1cc(F)cc(Cl)c1)[C@@H]1CCCN(C(=O)N[C@@H](C[C@@H]2CCCOC2)CN(C=O)OCC(C)[Si](C)(C)C)C1. The zero-order valence-corrected chi connectivity index (χ0v) is 29.7.